The minimum Gasteiger partial charge on any atom is -0.361 e. The van der Waals surface area contributed by atoms with E-state index in [0.717, 1.165) is 28.9 Å². The van der Waals surface area contributed by atoms with Crippen LogP contribution in [0.5, 0.6) is 0 Å². The molecule has 0 aliphatic heterocycles. The second-order valence-electron chi connectivity index (χ2n) is 7.37. The normalized spacial score (nSPS) is 13.1. The van der Waals surface area contributed by atoms with E-state index in [2.05, 4.69) is 21.7 Å². The highest BCUT2D eigenvalue weighted by Gasteiger charge is 2.24. The van der Waals surface area contributed by atoms with Gasteiger partial charge in [-0.1, -0.05) is 24.3 Å². The number of nitrogens with zero attached hydrogens (tertiary/aromatic N) is 2. The Kier molecular flexibility index (Phi) is 5.90. The van der Waals surface area contributed by atoms with Crippen LogP contribution in [0, 0.1) is 6.92 Å². The highest BCUT2D eigenvalue weighted by Crippen LogP contribution is 2.22. The van der Waals surface area contributed by atoms with E-state index in [4.69, 9.17) is 0 Å². The largest absolute Gasteiger partial charge is 0.361 e. The summed E-state index contributed by atoms with van der Waals surface area (Å²) in [5.41, 5.74) is 3.00. The summed E-state index contributed by atoms with van der Waals surface area (Å²) in [4.78, 5) is 30.9. The van der Waals surface area contributed by atoms with E-state index < -0.39 is 0 Å². The van der Waals surface area contributed by atoms with Crippen molar-refractivity contribution in [2.24, 2.45) is 0 Å². The molecule has 154 valence electrons. The maximum absolute atomic E-state index is 13.1. The first kappa shape index (κ1) is 20.2. The van der Waals surface area contributed by atoms with Crippen LogP contribution in [0.25, 0.3) is 5.69 Å². The van der Waals surface area contributed by atoms with E-state index in [9.17, 15) is 9.59 Å². The monoisotopic (exact) mass is 420 g/mol. The first-order valence-corrected chi connectivity index (χ1v) is 11.1. The van der Waals surface area contributed by atoms with Gasteiger partial charge in [0.25, 0.3) is 11.5 Å². The van der Waals surface area contributed by atoms with Crippen molar-refractivity contribution in [3.8, 4) is 5.69 Å². The summed E-state index contributed by atoms with van der Waals surface area (Å²) in [6.07, 6.45) is 7.32. The molecule has 1 fully saturated rings. The fraction of sp³-hybridized carbons (Fsp3) is 0.261. The zero-order valence-corrected chi connectivity index (χ0v) is 17.8. The number of amides is 1. The van der Waals surface area contributed by atoms with Crippen LogP contribution >= 0.6 is 11.8 Å². The van der Waals surface area contributed by atoms with Crippen LogP contribution in [-0.2, 0) is 6.54 Å². The topological polar surface area (TPSA) is 76.0 Å². The predicted molar refractivity (Wildman–Crippen MR) is 121 cm³/mol. The number of hydrogen-bond donors (Lipinski definition) is 2. The van der Waals surface area contributed by atoms with Gasteiger partial charge in [0.15, 0.2) is 5.82 Å². The van der Waals surface area contributed by atoms with Crippen LogP contribution in [0.15, 0.2) is 64.5 Å². The molecule has 0 atom stereocenters. The molecule has 30 heavy (non-hydrogen) atoms. The molecule has 2 aromatic carbocycles. The zero-order chi connectivity index (χ0) is 21.1. The summed E-state index contributed by atoms with van der Waals surface area (Å²) in [5.74, 6) is 0.175. The van der Waals surface area contributed by atoms with E-state index in [1.165, 1.54) is 0 Å². The highest BCUT2D eigenvalue weighted by molar-refractivity contribution is 7.98. The average Bonchev–Trinajstić information content (AvgIpc) is 3.57. The number of aryl methyl sites for hydroxylation is 1. The lowest BCUT2D eigenvalue weighted by molar-refractivity contribution is 0.0951. The lowest BCUT2D eigenvalue weighted by Gasteiger charge is -2.13. The van der Waals surface area contributed by atoms with Gasteiger partial charge in [0.1, 0.15) is 0 Å². The number of thioether (sulfide) groups is 1. The molecular weight excluding hydrogens is 396 g/mol. The Morgan fingerprint density at radius 1 is 1.23 bits per heavy atom. The second kappa shape index (κ2) is 8.75. The summed E-state index contributed by atoms with van der Waals surface area (Å²) >= 11 is 1.67. The third kappa shape index (κ3) is 4.41. The van der Waals surface area contributed by atoms with Crippen LogP contribution in [0.1, 0.15) is 34.3 Å². The van der Waals surface area contributed by atoms with Crippen molar-refractivity contribution < 1.29 is 4.79 Å². The summed E-state index contributed by atoms with van der Waals surface area (Å²) < 4.78 is 1.54. The van der Waals surface area contributed by atoms with Crippen molar-refractivity contribution in [1.82, 2.24) is 14.9 Å². The third-order valence-electron chi connectivity index (χ3n) is 5.12. The number of nitrogens with one attached hydrogen (secondary N) is 2. The van der Waals surface area contributed by atoms with E-state index in [0.29, 0.717) is 17.8 Å². The van der Waals surface area contributed by atoms with Crippen LogP contribution in [0.4, 0.5) is 5.82 Å². The minimum absolute atomic E-state index is 0.104. The molecule has 0 saturated heterocycles. The molecule has 6 nitrogen and oxygen atoms in total. The molecule has 0 unspecified atom stereocenters. The Morgan fingerprint density at radius 3 is 2.80 bits per heavy atom. The lowest BCUT2D eigenvalue weighted by Crippen LogP contribution is -2.26. The van der Waals surface area contributed by atoms with Gasteiger partial charge in [0.05, 0.1) is 5.69 Å². The molecule has 7 heteroatoms. The van der Waals surface area contributed by atoms with Gasteiger partial charge in [0.2, 0.25) is 0 Å². The number of carbonyl (C=O) groups excluding carboxylic acids is 1. The molecule has 1 saturated carbocycles. The Bertz CT molecular complexity index is 1140. The molecule has 1 aliphatic carbocycles. The minimum atomic E-state index is -0.248. The Balaban J connectivity index is 1.61. The van der Waals surface area contributed by atoms with Crippen molar-refractivity contribution in [3.05, 3.63) is 81.9 Å². The van der Waals surface area contributed by atoms with Gasteiger partial charge in [-0.15, -0.1) is 11.8 Å². The molecule has 4 rings (SSSR count). The number of rotatable bonds is 7. The molecular formula is C23H24N4O2S. The Morgan fingerprint density at radius 2 is 2.03 bits per heavy atom. The molecule has 1 amide bonds. The lowest BCUT2D eigenvalue weighted by atomic mass is 10.1. The van der Waals surface area contributed by atoms with Gasteiger partial charge in [-0.05, 0) is 55.3 Å². The number of carbonyl (C=O) groups is 1. The van der Waals surface area contributed by atoms with Crippen LogP contribution in [0.2, 0.25) is 0 Å². The highest BCUT2D eigenvalue weighted by atomic mass is 32.2. The van der Waals surface area contributed by atoms with Gasteiger partial charge in [0, 0.05) is 35.4 Å². The van der Waals surface area contributed by atoms with Crippen molar-refractivity contribution >= 4 is 23.5 Å². The van der Waals surface area contributed by atoms with E-state index in [1.807, 2.05) is 37.4 Å². The van der Waals surface area contributed by atoms with Gasteiger partial charge < -0.3 is 10.6 Å². The summed E-state index contributed by atoms with van der Waals surface area (Å²) in [6.45, 7) is 2.43. The van der Waals surface area contributed by atoms with Gasteiger partial charge in [-0.2, -0.15) is 0 Å². The van der Waals surface area contributed by atoms with Crippen molar-refractivity contribution in [2.45, 2.75) is 37.2 Å². The van der Waals surface area contributed by atoms with Crippen LogP contribution in [-0.4, -0.2) is 27.8 Å². The summed E-state index contributed by atoms with van der Waals surface area (Å²) in [7, 11) is 0. The molecule has 1 heterocycles. The van der Waals surface area contributed by atoms with Crippen molar-refractivity contribution in [1.29, 1.82) is 0 Å². The number of anilines is 1. The standard InChI is InChI=1S/C23H24N4O2S/c1-15-7-8-16(22(28)26-18-9-10-18)13-19(15)27-12-11-24-21(23(27)29)25-14-17-5-3-4-6-20(17)30-2/h3-8,11-13,18H,9-10,14H2,1-2H3,(H,24,25)(H,26,28). The maximum Gasteiger partial charge on any atom is 0.297 e. The fourth-order valence-electron chi connectivity index (χ4n) is 3.26. The quantitative estimate of drug-likeness (QED) is 0.569. The predicted octanol–water partition coefficient (Wildman–Crippen LogP) is 3.77. The molecule has 0 spiro atoms. The molecule has 0 radical (unpaired) electrons. The van der Waals surface area contributed by atoms with Crippen LogP contribution in [0.3, 0.4) is 0 Å². The van der Waals surface area contributed by atoms with Crippen molar-refractivity contribution in [3.63, 3.8) is 0 Å². The first-order valence-electron chi connectivity index (χ1n) is 9.92. The molecule has 3 aromatic rings. The maximum atomic E-state index is 13.1. The van der Waals surface area contributed by atoms with Gasteiger partial charge in [-0.3, -0.25) is 14.2 Å². The number of hydrogen-bond acceptors (Lipinski definition) is 5. The molecule has 0 bridgehead atoms. The van der Waals surface area contributed by atoms with Crippen LogP contribution < -0.4 is 16.2 Å². The second-order valence-corrected chi connectivity index (χ2v) is 8.21. The Hall–Kier alpha value is -3.06. The van der Waals surface area contributed by atoms with E-state index >= 15 is 0 Å². The molecule has 1 aromatic heterocycles. The third-order valence-corrected chi connectivity index (χ3v) is 5.96. The number of benzene rings is 2. The number of aromatic nitrogens is 2. The van der Waals surface area contributed by atoms with E-state index in [-0.39, 0.29) is 23.3 Å². The molecule has 1 aliphatic rings. The summed E-state index contributed by atoms with van der Waals surface area (Å²) in [6, 6.07) is 13.8. The van der Waals surface area contributed by atoms with Gasteiger partial charge in [-0.25, -0.2) is 4.98 Å². The SMILES string of the molecule is CSc1ccccc1CNc1nccn(-c2cc(C(=O)NC3CC3)ccc2C)c1=O. The van der Waals surface area contributed by atoms with Crippen molar-refractivity contribution in [2.75, 3.05) is 11.6 Å². The fourth-order valence-corrected chi connectivity index (χ4v) is 3.87. The average molecular weight is 421 g/mol. The zero-order valence-electron chi connectivity index (χ0n) is 17.0. The molecule has 2 N–H and O–H groups in total. The van der Waals surface area contributed by atoms with E-state index in [1.54, 1.807) is 40.9 Å². The Labute approximate surface area is 179 Å². The summed E-state index contributed by atoms with van der Waals surface area (Å²) in [5, 5.41) is 6.16. The smallest absolute Gasteiger partial charge is 0.297 e. The van der Waals surface area contributed by atoms with Gasteiger partial charge >= 0.3 is 0 Å². The first-order chi connectivity index (χ1) is 14.6.